The summed E-state index contributed by atoms with van der Waals surface area (Å²) < 4.78 is 29.4. The molecular formula is C13H17F2NO4S. The number of halogens is 2. The van der Waals surface area contributed by atoms with Crippen LogP contribution in [0.15, 0.2) is 16.5 Å². The zero-order valence-corrected chi connectivity index (χ0v) is 12.5. The molecule has 118 valence electrons. The van der Waals surface area contributed by atoms with Crippen molar-refractivity contribution in [3.05, 3.63) is 23.7 Å². The molecule has 8 heteroatoms. The molecule has 5 nitrogen and oxygen atoms in total. The van der Waals surface area contributed by atoms with Gasteiger partial charge in [0.25, 0.3) is 11.7 Å². The quantitative estimate of drug-likeness (QED) is 0.797. The first-order valence-corrected chi connectivity index (χ1v) is 7.41. The predicted octanol–water partition coefficient (Wildman–Crippen LogP) is 3.06. The standard InChI is InChI=1S/C13H17F2NO4S/c1-3-16(8(2)6-11(17)18)12(19)10-5-4-9(20-10)7-21-13(14)15/h4-5,8,13H,3,6-7H2,1-2H3,(H,17,18). The normalized spacial score (nSPS) is 12.4. The number of carboxylic acids is 1. The molecule has 1 amide bonds. The summed E-state index contributed by atoms with van der Waals surface area (Å²) in [6, 6.07) is 2.40. The molecule has 0 aromatic carbocycles. The van der Waals surface area contributed by atoms with Crippen LogP contribution in [0.1, 0.15) is 36.6 Å². The van der Waals surface area contributed by atoms with Crippen LogP contribution in [0.4, 0.5) is 8.78 Å². The fraction of sp³-hybridized carbons (Fsp3) is 0.538. The maximum Gasteiger partial charge on any atom is 0.305 e. The van der Waals surface area contributed by atoms with Crippen LogP contribution in [-0.4, -0.2) is 40.2 Å². The lowest BCUT2D eigenvalue weighted by molar-refractivity contribution is -0.138. The molecule has 0 fully saturated rings. The smallest absolute Gasteiger partial charge is 0.305 e. The van der Waals surface area contributed by atoms with Gasteiger partial charge in [0.15, 0.2) is 5.76 Å². The van der Waals surface area contributed by atoms with Crippen molar-refractivity contribution in [2.24, 2.45) is 0 Å². The number of thioether (sulfide) groups is 1. The summed E-state index contributed by atoms with van der Waals surface area (Å²) in [6.45, 7) is 3.69. The molecule has 0 saturated heterocycles. The Labute approximate surface area is 125 Å². The topological polar surface area (TPSA) is 70.8 Å². The van der Waals surface area contributed by atoms with Gasteiger partial charge in [-0.25, -0.2) is 0 Å². The number of furan rings is 1. The number of carboxylic acid groups (broad SMARTS) is 1. The Bertz CT molecular complexity index is 492. The minimum atomic E-state index is -2.50. The van der Waals surface area contributed by atoms with Gasteiger partial charge in [-0.1, -0.05) is 11.8 Å². The van der Waals surface area contributed by atoms with Gasteiger partial charge in [0.1, 0.15) is 5.76 Å². The zero-order valence-electron chi connectivity index (χ0n) is 11.7. The van der Waals surface area contributed by atoms with E-state index in [9.17, 15) is 18.4 Å². The van der Waals surface area contributed by atoms with Gasteiger partial charge in [-0.2, -0.15) is 8.78 Å². The number of alkyl halides is 2. The molecule has 21 heavy (non-hydrogen) atoms. The third-order valence-corrected chi connectivity index (χ3v) is 3.53. The summed E-state index contributed by atoms with van der Waals surface area (Å²) in [7, 11) is 0. The van der Waals surface area contributed by atoms with E-state index in [2.05, 4.69) is 0 Å². The third kappa shape index (κ3) is 5.37. The first-order chi connectivity index (χ1) is 9.85. The van der Waals surface area contributed by atoms with Crippen molar-refractivity contribution in [3.8, 4) is 0 Å². The van der Waals surface area contributed by atoms with E-state index in [4.69, 9.17) is 9.52 Å². The van der Waals surface area contributed by atoms with Gasteiger partial charge >= 0.3 is 5.97 Å². The van der Waals surface area contributed by atoms with E-state index in [-0.39, 0.29) is 23.7 Å². The minimum Gasteiger partial charge on any atom is -0.481 e. The van der Waals surface area contributed by atoms with Gasteiger partial charge < -0.3 is 14.4 Å². The van der Waals surface area contributed by atoms with Crippen LogP contribution in [0.5, 0.6) is 0 Å². The monoisotopic (exact) mass is 321 g/mol. The molecule has 1 N–H and O–H groups in total. The molecule has 1 rings (SSSR count). The summed E-state index contributed by atoms with van der Waals surface area (Å²) in [5.41, 5.74) is 0. The largest absolute Gasteiger partial charge is 0.481 e. The van der Waals surface area contributed by atoms with E-state index < -0.39 is 23.7 Å². The summed E-state index contributed by atoms with van der Waals surface area (Å²) >= 11 is 0.409. The lowest BCUT2D eigenvalue weighted by Crippen LogP contribution is -2.39. The molecule has 1 heterocycles. The van der Waals surface area contributed by atoms with Crippen molar-refractivity contribution in [1.29, 1.82) is 0 Å². The molecule has 0 radical (unpaired) electrons. The number of nitrogens with zero attached hydrogens (tertiary/aromatic N) is 1. The summed E-state index contributed by atoms with van der Waals surface area (Å²) in [5, 5.41) is 8.77. The molecule has 0 aliphatic rings. The van der Waals surface area contributed by atoms with Crippen LogP contribution in [-0.2, 0) is 10.5 Å². The van der Waals surface area contributed by atoms with Gasteiger partial charge in [0.05, 0.1) is 12.2 Å². The predicted molar refractivity (Wildman–Crippen MR) is 74.4 cm³/mol. The molecule has 1 atom stereocenters. The van der Waals surface area contributed by atoms with Crippen molar-refractivity contribution in [2.45, 2.75) is 37.8 Å². The van der Waals surface area contributed by atoms with E-state index in [1.807, 2.05) is 0 Å². The second-order valence-electron chi connectivity index (χ2n) is 4.38. The minimum absolute atomic E-state index is 0.0260. The van der Waals surface area contributed by atoms with Crippen molar-refractivity contribution in [1.82, 2.24) is 4.90 Å². The van der Waals surface area contributed by atoms with E-state index in [1.54, 1.807) is 13.8 Å². The number of carbonyl (C=O) groups is 2. The Morgan fingerprint density at radius 1 is 1.43 bits per heavy atom. The van der Waals surface area contributed by atoms with Gasteiger partial charge in [-0.05, 0) is 26.0 Å². The number of amides is 1. The van der Waals surface area contributed by atoms with Gasteiger partial charge in [-0.3, -0.25) is 9.59 Å². The van der Waals surface area contributed by atoms with Crippen molar-refractivity contribution in [3.63, 3.8) is 0 Å². The highest BCUT2D eigenvalue weighted by Crippen LogP contribution is 2.22. The average molecular weight is 321 g/mol. The SMILES string of the molecule is CCN(C(=O)c1ccc(CSC(F)F)o1)C(C)CC(=O)O. The molecule has 0 bridgehead atoms. The fourth-order valence-corrected chi connectivity index (χ4v) is 2.32. The lowest BCUT2D eigenvalue weighted by Gasteiger charge is -2.26. The summed E-state index contributed by atoms with van der Waals surface area (Å²) in [5.74, 6) is -3.66. The Kier molecular flexibility index (Phi) is 6.67. The van der Waals surface area contributed by atoms with E-state index in [1.165, 1.54) is 17.0 Å². The Hall–Kier alpha value is -1.57. The van der Waals surface area contributed by atoms with Crippen LogP contribution in [0, 0.1) is 0 Å². The average Bonchev–Trinajstić information content (AvgIpc) is 2.84. The number of rotatable bonds is 8. The number of hydrogen-bond donors (Lipinski definition) is 1. The first-order valence-electron chi connectivity index (χ1n) is 6.36. The highest BCUT2D eigenvalue weighted by molar-refractivity contribution is 7.98. The van der Waals surface area contributed by atoms with Gasteiger partial charge in [0.2, 0.25) is 0 Å². The highest BCUT2D eigenvalue weighted by Gasteiger charge is 2.24. The van der Waals surface area contributed by atoms with Crippen LogP contribution in [0.3, 0.4) is 0 Å². The highest BCUT2D eigenvalue weighted by atomic mass is 32.2. The molecule has 0 spiro atoms. The van der Waals surface area contributed by atoms with Crippen LogP contribution < -0.4 is 0 Å². The molecule has 0 aliphatic carbocycles. The van der Waals surface area contributed by atoms with Gasteiger partial charge in [0, 0.05) is 12.6 Å². The van der Waals surface area contributed by atoms with Crippen molar-refractivity contribution < 1.29 is 27.9 Å². The second-order valence-corrected chi connectivity index (χ2v) is 5.35. The number of carbonyl (C=O) groups excluding carboxylic acids is 1. The van der Waals surface area contributed by atoms with E-state index in [0.29, 0.717) is 18.3 Å². The first kappa shape index (κ1) is 17.5. The zero-order chi connectivity index (χ0) is 16.0. The maximum absolute atomic E-state index is 12.2. The molecular weight excluding hydrogens is 304 g/mol. The second kappa shape index (κ2) is 8.02. The maximum atomic E-state index is 12.2. The van der Waals surface area contributed by atoms with Crippen LogP contribution in [0.2, 0.25) is 0 Å². The van der Waals surface area contributed by atoms with Crippen LogP contribution in [0.25, 0.3) is 0 Å². The molecule has 0 saturated carbocycles. The van der Waals surface area contributed by atoms with Crippen molar-refractivity contribution in [2.75, 3.05) is 6.54 Å². The Morgan fingerprint density at radius 3 is 2.62 bits per heavy atom. The fourth-order valence-electron chi connectivity index (χ4n) is 1.88. The molecule has 0 aliphatic heterocycles. The summed E-state index contributed by atoms with van der Waals surface area (Å²) in [4.78, 5) is 24.3. The number of aliphatic carboxylic acids is 1. The van der Waals surface area contributed by atoms with Gasteiger partial charge in [-0.15, -0.1) is 0 Å². The third-order valence-electron chi connectivity index (χ3n) is 2.83. The summed E-state index contributed by atoms with van der Waals surface area (Å²) in [6.07, 6.45) is -0.172. The van der Waals surface area contributed by atoms with Crippen LogP contribution >= 0.6 is 11.8 Å². The Balaban J connectivity index is 2.74. The number of hydrogen-bond acceptors (Lipinski definition) is 4. The van der Waals surface area contributed by atoms with Crippen molar-refractivity contribution >= 4 is 23.6 Å². The molecule has 1 aromatic heterocycles. The lowest BCUT2D eigenvalue weighted by atomic mass is 10.2. The molecule has 1 unspecified atom stereocenters. The molecule has 1 aromatic rings. The van der Waals surface area contributed by atoms with E-state index >= 15 is 0 Å². The van der Waals surface area contributed by atoms with E-state index in [0.717, 1.165) is 0 Å². The Morgan fingerprint density at radius 2 is 2.10 bits per heavy atom.